The summed E-state index contributed by atoms with van der Waals surface area (Å²) in [4.78, 5) is 33.5. The van der Waals surface area contributed by atoms with Crippen molar-refractivity contribution in [2.45, 2.75) is 32.2 Å². The summed E-state index contributed by atoms with van der Waals surface area (Å²) in [6, 6.07) is 0. The van der Waals surface area contributed by atoms with Gasteiger partial charge in [-0.15, -0.1) is 6.42 Å². The van der Waals surface area contributed by atoms with E-state index in [-0.39, 0.29) is 18.9 Å². The number of amides is 2. The van der Waals surface area contributed by atoms with Gasteiger partial charge in [-0.25, -0.2) is 4.79 Å². The van der Waals surface area contributed by atoms with E-state index in [4.69, 9.17) is 11.5 Å². The maximum Gasteiger partial charge on any atom is 0.346 e. The molecule has 0 aromatic rings. The largest absolute Gasteiger partial charge is 0.479 e. The molecule has 2 amide bonds. The third-order valence-electron chi connectivity index (χ3n) is 2.33. The van der Waals surface area contributed by atoms with Crippen molar-refractivity contribution in [2.24, 2.45) is 0 Å². The van der Waals surface area contributed by atoms with Crippen molar-refractivity contribution in [3.05, 3.63) is 12.2 Å². The first-order valence-corrected chi connectivity index (χ1v) is 5.88. The van der Waals surface area contributed by atoms with Gasteiger partial charge in [-0.3, -0.25) is 9.59 Å². The van der Waals surface area contributed by atoms with Crippen LogP contribution in [-0.4, -0.2) is 35.0 Å². The predicted octanol–water partition coefficient (Wildman–Crippen LogP) is 0.0516. The Morgan fingerprint density at radius 3 is 2.26 bits per heavy atom. The van der Waals surface area contributed by atoms with Gasteiger partial charge in [0, 0.05) is 19.4 Å². The van der Waals surface area contributed by atoms with Crippen LogP contribution in [0.2, 0.25) is 0 Å². The fourth-order valence-corrected chi connectivity index (χ4v) is 1.15. The lowest BCUT2D eigenvalue weighted by molar-refractivity contribution is -0.143. The maximum absolute atomic E-state index is 11.3. The second kappa shape index (κ2) is 7.93. The minimum Gasteiger partial charge on any atom is -0.479 e. The Labute approximate surface area is 112 Å². The zero-order valence-corrected chi connectivity index (χ0v) is 11.0. The lowest BCUT2D eigenvalue weighted by Gasteiger charge is -2.21. The van der Waals surface area contributed by atoms with Crippen LogP contribution in [0.4, 0.5) is 0 Å². The second-order valence-electron chi connectivity index (χ2n) is 3.72. The van der Waals surface area contributed by atoms with Gasteiger partial charge in [-0.1, -0.05) is 25.8 Å². The molecule has 0 radical (unpaired) electrons. The molecule has 1 atom stereocenters. The second-order valence-corrected chi connectivity index (χ2v) is 3.72. The summed E-state index contributed by atoms with van der Waals surface area (Å²) in [7, 11) is 0. The molecule has 104 valence electrons. The molecular formula is C13H18N2O4. The number of hydrogen-bond acceptors (Lipinski definition) is 3. The highest BCUT2D eigenvalue weighted by Gasteiger charge is 2.34. The van der Waals surface area contributed by atoms with Gasteiger partial charge in [0.05, 0.1) is 0 Å². The molecule has 1 unspecified atom stereocenters. The zero-order valence-electron chi connectivity index (χ0n) is 11.0. The van der Waals surface area contributed by atoms with Crippen molar-refractivity contribution in [3.8, 4) is 12.3 Å². The molecule has 0 heterocycles. The summed E-state index contributed by atoms with van der Waals surface area (Å²) in [5, 5.41) is 13.9. The highest BCUT2D eigenvalue weighted by atomic mass is 16.4. The highest BCUT2D eigenvalue weighted by molar-refractivity contribution is 5.92. The summed E-state index contributed by atoms with van der Waals surface area (Å²) in [5.74, 6) is 0.0665. The van der Waals surface area contributed by atoms with Crippen molar-refractivity contribution >= 4 is 17.8 Å². The van der Waals surface area contributed by atoms with Crippen molar-refractivity contribution in [2.75, 3.05) is 6.54 Å². The molecule has 0 fully saturated rings. The van der Waals surface area contributed by atoms with E-state index >= 15 is 0 Å². The normalized spacial score (nSPS) is 13.3. The number of rotatable bonds is 7. The van der Waals surface area contributed by atoms with Gasteiger partial charge < -0.3 is 15.7 Å². The Hall–Kier alpha value is -2.29. The molecule has 6 heteroatoms. The SMILES string of the molecule is C#CC(C=CCNC(=O)CC)(NC(=O)CC)C(=O)O. The number of nitrogens with one attached hydrogen (secondary N) is 2. The fraction of sp³-hybridized carbons (Fsp3) is 0.462. The van der Waals surface area contributed by atoms with Gasteiger partial charge in [0.1, 0.15) is 0 Å². The Bertz CT molecular complexity index is 423. The lowest BCUT2D eigenvalue weighted by Crippen LogP contribution is -2.52. The summed E-state index contributed by atoms with van der Waals surface area (Å²) in [5.41, 5.74) is -1.88. The summed E-state index contributed by atoms with van der Waals surface area (Å²) in [6.07, 6.45) is 8.23. The monoisotopic (exact) mass is 266 g/mol. The number of hydrogen-bond donors (Lipinski definition) is 3. The van der Waals surface area contributed by atoms with E-state index in [0.29, 0.717) is 6.42 Å². The third kappa shape index (κ3) is 5.25. The van der Waals surface area contributed by atoms with Gasteiger partial charge in [-0.05, 0) is 6.08 Å². The van der Waals surface area contributed by atoms with Crippen LogP contribution in [0.1, 0.15) is 26.7 Å². The Morgan fingerprint density at radius 1 is 1.26 bits per heavy atom. The van der Waals surface area contributed by atoms with Crippen molar-refractivity contribution in [1.82, 2.24) is 10.6 Å². The molecule has 0 aromatic heterocycles. The molecule has 0 aromatic carbocycles. The van der Waals surface area contributed by atoms with Crippen LogP contribution < -0.4 is 10.6 Å². The molecule has 0 rings (SSSR count). The third-order valence-corrected chi connectivity index (χ3v) is 2.33. The molecule has 0 spiro atoms. The van der Waals surface area contributed by atoms with E-state index in [1.54, 1.807) is 13.8 Å². The average Bonchev–Trinajstić information content (AvgIpc) is 2.41. The molecule has 0 saturated carbocycles. The first kappa shape index (κ1) is 16.7. The number of aliphatic carboxylic acids is 1. The first-order chi connectivity index (χ1) is 8.91. The van der Waals surface area contributed by atoms with Crippen LogP contribution >= 0.6 is 0 Å². The quantitative estimate of drug-likeness (QED) is 0.448. The smallest absolute Gasteiger partial charge is 0.346 e. The zero-order chi connectivity index (χ0) is 14.9. The molecule has 3 N–H and O–H groups in total. The van der Waals surface area contributed by atoms with E-state index in [0.717, 1.165) is 0 Å². The maximum atomic E-state index is 11.3. The molecular weight excluding hydrogens is 248 g/mol. The molecule has 6 nitrogen and oxygen atoms in total. The molecule has 0 saturated heterocycles. The van der Waals surface area contributed by atoms with Crippen LogP contribution in [0, 0.1) is 12.3 Å². The van der Waals surface area contributed by atoms with E-state index < -0.39 is 17.4 Å². The molecule has 0 aliphatic carbocycles. The number of terminal acetylenes is 1. The Balaban J connectivity index is 4.82. The summed E-state index contributed by atoms with van der Waals surface area (Å²) < 4.78 is 0. The molecule has 0 aliphatic rings. The van der Waals surface area contributed by atoms with Crippen LogP contribution in [0.25, 0.3) is 0 Å². The summed E-state index contributed by atoms with van der Waals surface area (Å²) >= 11 is 0. The standard InChI is InChI=1S/C13H18N2O4/c1-4-10(16)14-9-7-8-13(6-3,12(18)19)15-11(17)5-2/h3,7-8H,4-5,9H2,1-2H3,(H,14,16)(H,15,17)(H,18,19). The minimum absolute atomic E-state index is 0.122. The Kier molecular flexibility index (Phi) is 6.97. The summed E-state index contributed by atoms with van der Waals surface area (Å²) in [6.45, 7) is 3.43. The first-order valence-electron chi connectivity index (χ1n) is 5.88. The van der Waals surface area contributed by atoms with Crippen LogP contribution in [0.15, 0.2) is 12.2 Å². The fourth-order valence-electron chi connectivity index (χ4n) is 1.15. The van der Waals surface area contributed by atoms with E-state index in [9.17, 15) is 14.4 Å². The van der Waals surface area contributed by atoms with Crippen molar-refractivity contribution < 1.29 is 19.5 Å². The Morgan fingerprint density at radius 2 is 1.84 bits per heavy atom. The van der Waals surface area contributed by atoms with Crippen LogP contribution in [-0.2, 0) is 14.4 Å². The van der Waals surface area contributed by atoms with E-state index in [2.05, 4.69) is 16.6 Å². The number of carbonyl (C=O) groups is 3. The molecule has 19 heavy (non-hydrogen) atoms. The van der Waals surface area contributed by atoms with Gasteiger partial charge >= 0.3 is 5.97 Å². The molecule has 0 bridgehead atoms. The van der Waals surface area contributed by atoms with E-state index in [1.807, 2.05) is 0 Å². The van der Waals surface area contributed by atoms with Crippen molar-refractivity contribution in [3.63, 3.8) is 0 Å². The number of carbonyl (C=O) groups excluding carboxylic acids is 2. The van der Waals surface area contributed by atoms with Crippen LogP contribution in [0.3, 0.4) is 0 Å². The lowest BCUT2D eigenvalue weighted by atomic mass is 10.00. The minimum atomic E-state index is -1.88. The van der Waals surface area contributed by atoms with Crippen molar-refractivity contribution in [1.29, 1.82) is 0 Å². The van der Waals surface area contributed by atoms with Gasteiger partial charge in [0.15, 0.2) is 0 Å². The van der Waals surface area contributed by atoms with E-state index in [1.165, 1.54) is 12.2 Å². The average molecular weight is 266 g/mol. The number of carboxylic acids is 1. The molecule has 0 aliphatic heterocycles. The predicted molar refractivity (Wildman–Crippen MR) is 70.1 cm³/mol. The highest BCUT2D eigenvalue weighted by Crippen LogP contribution is 2.07. The van der Waals surface area contributed by atoms with Gasteiger partial charge in [0.2, 0.25) is 17.4 Å². The van der Waals surface area contributed by atoms with Crippen LogP contribution in [0.5, 0.6) is 0 Å². The van der Waals surface area contributed by atoms with Gasteiger partial charge in [0.25, 0.3) is 0 Å². The van der Waals surface area contributed by atoms with Gasteiger partial charge in [-0.2, -0.15) is 0 Å². The topological polar surface area (TPSA) is 95.5 Å². The number of carboxylic acid groups (broad SMARTS) is 1.